The van der Waals surface area contributed by atoms with Gasteiger partial charge in [-0.1, -0.05) is 143 Å². The van der Waals surface area contributed by atoms with Gasteiger partial charge in [0.2, 0.25) is 0 Å². The third kappa shape index (κ3) is 14.9. The van der Waals surface area contributed by atoms with Gasteiger partial charge >= 0.3 is 20.8 Å². The molecule has 0 aliphatic heterocycles. The molecule has 290 valence electrons. The summed E-state index contributed by atoms with van der Waals surface area (Å²) in [7, 11) is -9.40. The van der Waals surface area contributed by atoms with E-state index >= 15 is 0 Å². The van der Waals surface area contributed by atoms with Crippen molar-refractivity contribution in [3.63, 3.8) is 0 Å². The van der Waals surface area contributed by atoms with Crippen LogP contribution in [0.4, 0.5) is 0 Å². The molecule has 0 aromatic heterocycles. The molecule has 12 heteroatoms. The number of rotatable bonds is 12. The third-order valence-corrected chi connectivity index (χ3v) is 10.7. The van der Waals surface area contributed by atoms with Gasteiger partial charge in [0.1, 0.15) is 12.2 Å². The first-order chi connectivity index (χ1) is 23.8. The lowest BCUT2D eigenvalue weighted by Gasteiger charge is -2.47. The van der Waals surface area contributed by atoms with Gasteiger partial charge in [-0.2, -0.15) is 16.8 Å². The van der Waals surface area contributed by atoms with Crippen LogP contribution < -0.4 is 0 Å². The summed E-state index contributed by atoms with van der Waals surface area (Å²) in [4.78, 5) is 0. The Morgan fingerprint density at radius 1 is 0.654 bits per heavy atom. The molecule has 0 saturated heterocycles. The van der Waals surface area contributed by atoms with Gasteiger partial charge in [-0.3, -0.25) is 9.11 Å². The second kappa shape index (κ2) is 18.9. The van der Waals surface area contributed by atoms with Gasteiger partial charge in [0.05, 0.1) is 12.2 Å². The maximum atomic E-state index is 11.3. The van der Waals surface area contributed by atoms with E-state index in [-0.39, 0.29) is 35.0 Å². The summed E-state index contributed by atoms with van der Waals surface area (Å²) in [6.07, 6.45) is 20.0. The summed E-state index contributed by atoms with van der Waals surface area (Å²) in [5.74, 6) is 5.27. The van der Waals surface area contributed by atoms with Crippen molar-refractivity contribution in [3.8, 4) is 11.8 Å². The molecule has 0 heterocycles. The largest absolute Gasteiger partial charge is 0.397 e. The van der Waals surface area contributed by atoms with E-state index < -0.39 is 51.1 Å². The van der Waals surface area contributed by atoms with Crippen molar-refractivity contribution < 1.29 is 44.5 Å². The Balaban J connectivity index is 1.99. The van der Waals surface area contributed by atoms with Crippen LogP contribution in [0.2, 0.25) is 0 Å². The van der Waals surface area contributed by atoms with Crippen molar-refractivity contribution in [3.05, 3.63) is 95.2 Å². The second-order valence-corrected chi connectivity index (χ2v) is 17.6. The molecule has 2 rings (SSSR count). The van der Waals surface area contributed by atoms with Gasteiger partial charge < -0.3 is 10.2 Å². The highest BCUT2D eigenvalue weighted by Crippen LogP contribution is 2.47. The van der Waals surface area contributed by atoms with Crippen LogP contribution in [-0.2, 0) is 29.2 Å². The first-order valence-corrected chi connectivity index (χ1v) is 20.1. The van der Waals surface area contributed by atoms with Crippen molar-refractivity contribution >= 4 is 20.8 Å². The number of hydrogen-bond donors (Lipinski definition) is 4. The van der Waals surface area contributed by atoms with Crippen molar-refractivity contribution in [2.24, 2.45) is 34.5 Å². The van der Waals surface area contributed by atoms with Gasteiger partial charge in [-0.15, -0.1) is 0 Å². The summed E-state index contributed by atoms with van der Waals surface area (Å²) >= 11 is 0. The molecule has 0 amide bonds. The predicted octanol–water partition coefficient (Wildman–Crippen LogP) is 7.46. The van der Waals surface area contributed by atoms with Crippen molar-refractivity contribution in [1.82, 2.24) is 0 Å². The summed E-state index contributed by atoms with van der Waals surface area (Å²) in [6.45, 7) is 19.4. The average molecular weight is 763 g/mol. The first kappa shape index (κ1) is 45.3. The summed E-state index contributed by atoms with van der Waals surface area (Å²) < 4.78 is 73.2. The van der Waals surface area contributed by atoms with Gasteiger partial charge in [0, 0.05) is 11.8 Å². The van der Waals surface area contributed by atoms with Gasteiger partial charge in [-0.05, 0) is 68.8 Å². The second-order valence-electron chi connectivity index (χ2n) is 15.5. The fraction of sp³-hybridized carbons (Fsp3) is 0.550. The fourth-order valence-corrected chi connectivity index (χ4v) is 8.37. The highest BCUT2D eigenvalue weighted by molar-refractivity contribution is 7.81. The van der Waals surface area contributed by atoms with Crippen LogP contribution in [0.15, 0.2) is 95.2 Å². The first-order valence-electron chi connectivity index (χ1n) is 17.4. The molecule has 0 aromatic carbocycles. The Hall–Kier alpha value is -2.86. The molecule has 10 nitrogen and oxygen atoms in total. The number of aliphatic hydroxyl groups excluding tert-OH is 2. The topological polar surface area (TPSA) is 168 Å². The quantitative estimate of drug-likeness (QED) is 0.0890. The molecule has 52 heavy (non-hydrogen) atoms. The molecule has 0 radical (unpaired) electrons. The maximum absolute atomic E-state index is 11.3. The minimum atomic E-state index is -4.71. The predicted molar refractivity (Wildman–Crippen MR) is 206 cm³/mol. The van der Waals surface area contributed by atoms with Crippen molar-refractivity contribution in [2.75, 3.05) is 0 Å². The minimum Gasteiger partial charge on any atom is -0.390 e. The van der Waals surface area contributed by atoms with Crippen LogP contribution in [0, 0.1) is 46.3 Å². The van der Waals surface area contributed by atoms with Gasteiger partial charge in [-0.25, -0.2) is 8.37 Å². The Bertz CT molecular complexity index is 1780. The van der Waals surface area contributed by atoms with E-state index in [0.29, 0.717) is 6.42 Å². The highest BCUT2D eigenvalue weighted by atomic mass is 32.3. The van der Waals surface area contributed by atoms with E-state index in [4.69, 9.17) is 12.9 Å². The molecule has 0 aromatic rings. The van der Waals surface area contributed by atoms with E-state index in [9.17, 15) is 31.6 Å². The van der Waals surface area contributed by atoms with E-state index in [2.05, 4.69) is 11.8 Å². The van der Waals surface area contributed by atoms with E-state index in [1.165, 1.54) is 0 Å². The lowest BCUT2D eigenvalue weighted by molar-refractivity contribution is -0.0856. The Morgan fingerprint density at radius 3 is 1.58 bits per heavy atom. The monoisotopic (exact) mass is 762 g/mol. The van der Waals surface area contributed by atoms with Crippen LogP contribution in [0.25, 0.3) is 0 Å². The molecule has 8 atom stereocenters. The van der Waals surface area contributed by atoms with Crippen LogP contribution in [0.5, 0.6) is 0 Å². The lowest BCUT2D eigenvalue weighted by atomic mass is 9.62. The third-order valence-electron chi connectivity index (χ3n) is 9.81. The Kier molecular flexibility index (Phi) is 16.5. The van der Waals surface area contributed by atoms with E-state index in [0.717, 1.165) is 22.3 Å². The van der Waals surface area contributed by atoms with Gasteiger partial charge in [0.25, 0.3) is 0 Å². The van der Waals surface area contributed by atoms with Crippen LogP contribution in [0.1, 0.15) is 82.1 Å². The van der Waals surface area contributed by atoms with Crippen LogP contribution >= 0.6 is 0 Å². The lowest BCUT2D eigenvalue weighted by Crippen LogP contribution is -2.50. The normalized spacial score (nSPS) is 31.1. The Labute approximate surface area is 312 Å². The average Bonchev–Trinajstić information content (AvgIpc) is 2.97. The molecule has 2 aliphatic carbocycles. The van der Waals surface area contributed by atoms with Crippen molar-refractivity contribution in [1.29, 1.82) is 0 Å². The number of hydrogen-bond acceptors (Lipinski definition) is 8. The molecule has 0 bridgehead atoms. The van der Waals surface area contributed by atoms with E-state index in [1.54, 1.807) is 6.92 Å². The molecule has 0 spiro atoms. The van der Waals surface area contributed by atoms with Crippen LogP contribution in [0.3, 0.4) is 0 Å². The SMILES string of the molecule is C\C(C#C[C@@H]1[C@@H](C)[C@H](OS(=O)(=O)O)[C@H](O)CC1(C)C)=C/C=C/C(C)=C/C=C/C=C(C)/C=C/C=C(C)/C=C/[C@@H]1[C@@H](C)[C@H](OS(=O)(=O)O)[C@H](O)CC1(C)C. The molecule has 0 unspecified atom stereocenters. The standard InChI is InChI=1S/C40H58O10S2/c1-27(17-13-19-29(3)21-23-33-31(5)37(49-51(43,44)45)35(41)25-39(33,7)8)15-11-12-16-28(2)18-14-20-30(4)22-24-34-32(6)38(50-52(46,47)48)36(42)26-40(34,9)10/h11-21,23,31-38,41-42H,25-26H2,1-10H3,(H,43,44,45)(H,46,47,48)/b12-11+,17-13+,18-14+,23-21+,27-15+,28-16+,29-19+,30-20+/t31-,32-,33-,34-,35-,36-,37+,38+/m1/s1. The summed E-state index contributed by atoms with van der Waals surface area (Å²) in [6, 6.07) is 0. The fourth-order valence-electron chi connectivity index (χ4n) is 7.20. The number of allylic oxidation sites excluding steroid dienone is 16. The van der Waals surface area contributed by atoms with Crippen molar-refractivity contribution in [2.45, 2.75) is 106 Å². The Morgan fingerprint density at radius 2 is 1.08 bits per heavy atom. The summed E-state index contributed by atoms with van der Waals surface area (Å²) in [5.41, 5.74) is 3.19. The molecular weight excluding hydrogens is 705 g/mol. The zero-order chi connectivity index (χ0) is 39.7. The minimum absolute atomic E-state index is 0.0877. The highest BCUT2D eigenvalue weighted by Gasteiger charge is 2.48. The number of aliphatic hydroxyl groups is 2. The zero-order valence-electron chi connectivity index (χ0n) is 32.0. The molecule has 4 N–H and O–H groups in total. The molecule has 2 saturated carbocycles. The maximum Gasteiger partial charge on any atom is 0.397 e. The summed E-state index contributed by atoms with van der Waals surface area (Å²) in [5, 5.41) is 20.9. The molecule has 2 fully saturated rings. The van der Waals surface area contributed by atoms with Crippen LogP contribution in [-0.4, -0.2) is 60.6 Å². The molecular formula is C40H58O10S2. The zero-order valence-corrected chi connectivity index (χ0v) is 33.6. The van der Waals surface area contributed by atoms with E-state index in [1.807, 2.05) is 135 Å². The molecule has 2 aliphatic rings. The van der Waals surface area contributed by atoms with Gasteiger partial charge in [0.15, 0.2) is 0 Å². The smallest absolute Gasteiger partial charge is 0.390 e.